The van der Waals surface area contributed by atoms with Crippen molar-refractivity contribution in [3.63, 3.8) is 0 Å². The van der Waals surface area contributed by atoms with Gasteiger partial charge in [0.2, 0.25) is 0 Å². The predicted octanol–water partition coefficient (Wildman–Crippen LogP) is 3.42. The second-order valence-corrected chi connectivity index (χ2v) is 6.67. The molecular weight excluding hydrogens is 368 g/mol. The lowest BCUT2D eigenvalue weighted by Crippen LogP contribution is -2.28. The summed E-state index contributed by atoms with van der Waals surface area (Å²) in [6.45, 7) is 2.22. The van der Waals surface area contributed by atoms with E-state index in [0.717, 1.165) is 11.8 Å². The molecule has 0 aliphatic carbocycles. The van der Waals surface area contributed by atoms with Crippen LogP contribution in [-0.4, -0.2) is 43.8 Å². The second-order valence-electron chi connectivity index (χ2n) is 5.66. The third-order valence-electron chi connectivity index (χ3n) is 3.82. The number of aliphatic imine (C=N–C) groups is 1. The van der Waals surface area contributed by atoms with Crippen LogP contribution in [0.4, 0.5) is 5.69 Å². The minimum Gasteiger partial charge on any atom is -0.504 e. The van der Waals surface area contributed by atoms with E-state index in [1.807, 2.05) is 6.92 Å². The molecular formula is C19H16N2O5S. The van der Waals surface area contributed by atoms with Crippen LogP contribution in [0.3, 0.4) is 0 Å². The molecule has 1 saturated heterocycles. The standard InChI is InChI=1S/C19H16N2O5S/c1-2-21-17(24)16(9-11-6-7-14(22)15(23)8-11)27-19(21)20-13-5-3-4-12(10-13)18(25)26/h3-10,22-23H,2H2,1H3,(H,25,26)/b16-9-,20-19?. The summed E-state index contributed by atoms with van der Waals surface area (Å²) in [5.41, 5.74) is 1.11. The zero-order valence-electron chi connectivity index (χ0n) is 14.3. The van der Waals surface area contributed by atoms with Crippen molar-refractivity contribution in [1.29, 1.82) is 0 Å². The third-order valence-corrected chi connectivity index (χ3v) is 4.83. The van der Waals surface area contributed by atoms with E-state index >= 15 is 0 Å². The average Bonchev–Trinajstić information content (AvgIpc) is 2.93. The van der Waals surface area contributed by atoms with Crippen LogP contribution in [0, 0.1) is 0 Å². The molecule has 1 heterocycles. The lowest BCUT2D eigenvalue weighted by atomic mass is 10.2. The van der Waals surface area contributed by atoms with Crippen LogP contribution in [0.15, 0.2) is 52.4 Å². The van der Waals surface area contributed by atoms with Gasteiger partial charge in [0.1, 0.15) is 0 Å². The fourth-order valence-electron chi connectivity index (χ4n) is 2.47. The summed E-state index contributed by atoms with van der Waals surface area (Å²) in [6.07, 6.45) is 1.60. The smallest absolute Gasteiger partial charge is 0.335 e. The molecule has 3 rings (SSSR count). The van der Waals surface area contributed by atoms with Gasteiger partial charge in [-0.1, -0.05) is 12.1 Å². The summed E-state index contributed by atoms with van der Waals surface area (Å²) in [6, 6.07) is 10.5. The van der Waals surface area contributed by atoms with Gasteiger partial charge >= 0.3 is 5.97 Å². The quantitative estimate of drug-likeness (QED) is 0.550. The van der Waals surface area contributed by atoms with Crippen molar-refractivity contribution in [2.75, 3.05) is 6.54 Å². The zero-order valence-corrected chi connectivity index (χ0v) is 15.1. The van der Waals surface area contributed by atoms with Crippen molar-refractivity contribution in [2.24, 2.45) is 4.99 Å². The molecule has 0 saturated carbocycles. The summed E-state index contributed by atoms with van der Waals surface area (Å²) in [4.78, 5) is 30.0. The van der Waals surface area contributed by atoms with Crippen molar-refractivity contribution >= 4 is 40.6 Å². The van der Waals surface area contributed by atoms with Gasteiger partial charge in [-0.05, 0) is 60.7 Å². The Morgan fingerprint density at radius 1 is 1.19 bits per heavy atom. The summed E-state index contributed by atoms with van der Waals surface area (Å²) >= 11 is 1.16. The van der Waals surface area contributed by atoms with Crippen molar-refractivity contribution in [3.8, 4) is 11.5 Å². The SMILES string of the molecule is CCN1C(=O)/C(=C/c2ccc(O)c(O)c2)SC1=Nc1cccc(C(=O)O)c1. The fraction of sp³-hybridized carbons (Fsp3) is 0.105. The molecule has 0 bridgehead atoms. The number of carbonyl (C=O) groups is 2. The molecule has 8 heteroatoms. The topological polar surface area (TPSA) is 110 Å². The van der Waals surface area contributed by atoms with E-state index in [1.165, 1.54) is 29.2 Å². The average molecular weight is 384 g/mol. The summed E-state index contributed by atoms with van der Waals surface area (Å²) in [7, 11) is 0. The van der Waals surface area contributed by atoms with E-state index in [4.69, 9.17) is 5.11 Å². The number of thioether (sulfide) groups is 1. The maximum absolute atomic E-state index is 12.6. The number of phenolic OH excluding ortho intramolecular Hbond substituents is 2. The molecule has 1 aliphatic heterocycles. The van der Waals surface area contributed by atoms with Crippen LogP contribution in [-0.2, 0) is 4.79 Å². The molecule has 138 valence electrons. The van der Waals surface area contributed by atoms with Crippen LogP contribution in [0.25, 0.3) is 6.08 Å². The molecule has 0 aromatic heterocycles. The van der Waals surface area contributed by atoms with Crippen LogP contribution in [0.1, 0.15) is 22.8 Å². The van der Waals surface area contributed by atoms with E-state index in [0.29, 0.717) is 27.9 Å². The highest BCUT2D eigenvalue weighted by molar-refractivity contribution is 8.18. The van der Waals surface area contributed by atoms with Crippen LogP contribution in [0.5, 0.6) is 11.5 Å². The van der Waals surface area contributed by atoms with Gasteiger partial charge in [0.15, 0.2) is 16.7 Å². The number of nitrogens with zero attached hydrogens (tertiary/aromatic N) is 2. The van der Waals surface area contributed by atoms with E-state index in [-0.39, 0.29) is 23.0 Å². The Morgan fingerprint density at radius 3 is 2.63 bits per heavy atom. The number of benzene rings is 2. The number of rotatable bonds is 4. The Morgan fingerprint density at radius 2 is 1.96 bits per heavy atom. The summed E-state index contributed by atoms with van der Waals surface area (Å²) < 4.78 is 0. The third kappa shape index (κ3) is 3.95. The molecule has 1 aliphatic rings. The Kier molecular flexibility index (Phi) is 5.18. The number of hydrogen-bond donors (Lipinski definition) is 3. The minimum atomic E-state index is -1.05. The van der Waals surface area contributed by atoms with Gasteiger partial charge in [0, 0.05) is 6.54 Å². The number of aromatic carboxylic acids is 1. The number of carboxylic acids is 1. The molecule has 0 spiro atoms. The summed E-state index contributed by atoms with van der Waals surface area (Å²) in [5, 5.41) is 28.5. The van der Waals surface area contributed by atoms with Crippen molar-refractivity contribution < 1.29 is 24.9 Å². The largest absolute Gasteiger partial charge is 0.504 e. The highest BCUT2D eigenvalue weighted by Crippen LogP contribution is 2.35. The minimum absolute atomic E-state index is 0.115. The highest BCUT2D eigenvalue weighted by atomic mass is 32.2. The zero-order chi connectivity index (χ0) is 19.6. The Hall–Kier alpha value is -3.26. The van der Waals surface area contributed by atoms with Gasteiger partial charge in [0.05, 0.1) is 16.2 Å². The van der Waals surface area contributed by atoms with Crippen molar-refractivity contribution in [1.82, 2.24) is 4.90 Å². The molecule has 3 N–H and O–H groups in total. The monoisotopic (exact) mass is 384 g/mol. The first kappa shape index (κ1) is 18.5. The first-order valence-corrected chi connectivity index (χ1v) is 8.86. The van der Waals surface area contributed by atoms with Gasteiger partial charge in [0.25, 0.3) is 5.91 Å². The maximum atomic E-state index is 12.6. The number of likely N-dealkylation sites (N-methyl/N-ethyl adjacent to an activating group) is 1. The van der Waals surface area contributed by atoms with E-state index < -0.39 is 5.97 Å². The fourth-order valence-corrected chi connectivity index (χ4v) is 3.53. The Labute approximate surface area is 159 Å². The molecule has 1 amide bonds. The molecule has 7 nitrogen and oxygen atoms in total. The highest BCUT2D eigenvalue weighted by Gasteiger charge is 2.32. The number of carbonyl (C=O) groups excluding carboxylic acids is 1. The molecule has 0 unspecified atom stereocenters. The molecule has 2 aromatic carbocycles. The number of amidine groups is 1. The van der Waals surface area contributed by atoms with Gasteiger partial charge < -0.3 is 15.3 Å². The first-order valence-electron chi connectivity index (χ1n) is 8.04. The summed E-state index contributed by atoms with van der Waals surface area (Å²) in [5.74, 6) is -1.79. The molecule has 2 aromatic rings. The Bertz CT molecular complexity index is 984. The molecule has 27 heavy (non-hydrogen) atoms. The van der Waals surface area contributed by atoms with Gasteiger partial charge in [-0.15, -0.1) is 0 Å². The van der Waals surface area contributed by atoms with Gasteiger partial charge in [-0.25, -0.2) is 9.79 Å². The van der Waals surface area contributed by atoms with E-state index in [9.17, 15) is 19.8 Å². The number of phenols is 2. The lowest BCUT2D eigenvalue weighted by Gasteiger charge is -2.12. The van der Waals surface area contributed by atoms with Gasteiger partial charge in [-0.2, -0.15) is 0 Å². The second kappa shape index (κ2) is 7.55. The van der Waals surface area contributed by atoms with Crippen LogP contribution >= 0.6 is 11.8 Å². The predicted molar refractivity (Wildman–Crippen MR) is 103 cm³/mol. The number of hydrogen-bond acceptors (Lipinski definition) is 6. The molecule has 0 atom stereocenters. The van der Waals surface area contributed by atoms with Crippen molar-refractivity contribution in [2.45, 2.75) is 6.92 Å². The molecule has 1 fully saturated rings. The lowest BCUT2D eigenvalue weighted by molar-refractivity contribution is -0.122. The number of amides is 1. The Balaban J connectivity index is 1.94. The normalized spacial score (nSPS) is 17.1. The molecule has 0 radical (unpaired) electrons. The maximum Gasteiger partial charge on any atom is 0.335 e. The van der Waals surface area contributed by atoms with Crippen LogP contribution < -0.4 is 0 Å². The van der Waals surface area contributed by atoms with Gasteiger partial charge in [-0.3, -0.25) is 9.69 Å². The first-order chi connectivity index (χ1) is 12.9. The van der Waals surface area contributed by atoms with Crippen molar-refractivity contribution in [3.05, 3.63) is 58.5 Å². The van der Waals surface area contributed by atoms with Crippen LogP contribution in [0.2, 0.25) is 0 Å². The number of carboxylic acid groups (broad SMARTS) is 1. The van der Waals surface area contributed by atoms with E-state index in [1.54, 1.807) is 24.3 Å². The number of aromatic hydroxyl groups is 2. The van der Waals surface area contributed by atoms with E-state index in [2.05, 4.69) is 4.99 Å².